The summed E-state index contributed by atoms with van der Waals surface area (Å²) in [6.07, 6.45) is -4.53. The summed E-state index contributed by atoms with van der Waals surface area (Å²) >= 11 is 0. The highest BCUT2D eigenvalue weighted by Gasteiger charge is 2.34. The zero-order valence-electron chi connectivity index (χ0n) is 15.7. The van der Waals surface area contributed by atoms with Gasteiger partial charge in [-0.1, -0.05) is 36.4 Å². The molecule has 29 heavy (non-hydrogen) atoms. The Kier molecular flexibility index (Phi) is 5.28. The maximum absolute atomic E-state index is 12.9. The first-order valence-corrected chi connectivity index (χ1v) is 8.74. The number of alkyl halides is 3. The first kappa shape index (κ1) is 20.3. The summed E-state index contributed by atoms with van der Waals surface area (Å²) in [6, 6.07) is 16.2. The molecule has 0 aliphatic carbocycles. The van der Waals surface area contributed by atoms with Gasteiger partial charge in [0, 0.05) is 17.3 Å². The number of nitrogens with one attached hydrogen (secondary N) is 1. The van der Waals surface area contributed by atoms with Crippen molar-refractivity contribution in [3.8, 4) is 11.3 Å². The van der Waals surface area contributed by atoms with E-state index in [0.29, 0.717) is 5.69 Å². The van der Waals surface area contributed by atoms with Gasteiger partial charge in [0.15, 0.2) is 0 Å². The van der Waals surface area contributed by atoms with Crippen LogP contribution in [0.25, 0.3) is 11.3 Å². The van der Waals surface area contributed by atoms with E-state index in [0.717, 1.165) is 22.4 Å². The minimum atomic E-state index is -4.53. The summed E-state index contributed by atoms with van der Waals surface area (Å²) < 4.78 is 39.7. The molecule has 3 aromatic rings. The van der Waals surface area contributed by atoms with Crippen molar-refractivity contribution >= 4 is 11.6 Å². The lowest BCUT2D eigenvalue weighted by Crippen LogP contribution is -2.47. The Morgan fingerprint density at radius 3 is 2.31 bits per heavy atom. The van der Waals surface area contributed by atoms with Crippen LogP contribution in [0.3, 0.4) is 0 Å². The molecular weight excluding hydrogens is 383 g/mol. The molecule has 5 nitrogen and oxygen atoms in total. The third kappa shape index (κ3) is 4.37. The highest BCUT2D eigenvalue weighted by atomic mass is 19.4. The number of carbonyl (C=O) groups excluding carboxylic acids is 1. The number of rotatable bonds is 4. The van der Waals surface area contributed by atoms with Gasteiger partial charge in [-0.05, 0) is 38.1 Å². The topological polar surface area (TPSA) is 64.0 Å². The Labute approximate surface area is 164 Å². The average Bonchev–Trinajstić information content (AvgIpc) is 2.68. The summed E-state index contributed by atoms with van der Waals surface area (Å²) in [5, 5.41) is 6.74. The predicted octanol–water partition coefficient (Wildman–Crippen LogP) is 4.30. The van der Waals surface area contributed by atoms with Crippen molar-refractivity contribution in [3.05, 3.63) is 82.6 Å². The van der Waals surface area contributed by atoms with E-state index >= 15 is 0 Å². The fraction of sp³-hybridized carbons (Fsp3) is 0.190. The van der Waals surface area contributed by atoms with Gasteiger partial charge in [0.05, 0.1) is 11.3 Å². The van der Waals surface area contributed by atoms with Crippen LogP contribution in [0.1, 0.15) is 19.4 Å². The van der Waals surface area contributed by atoms with Crippen LogP contribution in [0.15, 0.2) is 71.5 Å². The molecule has 0 saturated carbocycles. The van der Waals surface area contributed by atoms with E-state index in [1.54, 1.807) is 6.07 Å². The molecule has 1 aromatic heterocycles. The number of hydrogen-bond donors (Lipinski definition) is 1. The first-order chi connectivity index (χ1) is 13.6. The van der Waals surface area contributed by atoms with Gasteiger partial charge in [0.1, 0.15) is 5.54 Å². The van der Waals surface area contributed by atoms with Gasteiger partial charge in [-0.15, -0.1) is 0 Å². The second-order valence-corrected chi connectivity index (χ2v) is 6.93. The molecule has 0 aliphatic rings. The van der Waals surface area contributed by atoms with E-state index in [2.05, 4.69) is 10.4 Å². The highest BCUT2D eigenvalue weighted by Crippen LogP contribution is 2.31. The van der Waals surface area contributed by atoms with Crippen LogP contribution in [0.2, 0.25) is 0 Å². The average molecular weight is 401 g/mol. The van der Waals surface area contributed by atoms with E-state index in [9.17, 15) is 22.8 Å². The van der Waals surface area contributed by atoms with E-state index in [1.165, 1.54) is 32.0 Å². The minimum absolute atomic E-state index is 0.0230. The monoisotopic (exact) mass is 401 g/mol. The lowest BCUT2D eigenvalue weighted by atomic mass is 10.0. The quantitative estimate of drug-likeness (QED) is 0.709. The van der Waals surface area contributed by atoms with Crippen molar-refractivity contribution in [2.24, 2.45) is 0 Å². The molecule has 8 heteroatoms. The van der Waals surface area contributed by atoms with Crippen LogP contribution in [-0.2, 0) is 16.5 Å². The number of aromatic nitrogens is 2. The van der Waals surface area contributed by atoms with Crippen molar-refractivity contribution in [2.75, 3.05) is 5.32 Å². The van der Waals surface area contributed by atoms with Crippen molar-refractivity contribution in [2.45, 2.75) is 25.6 Å². The normalized spacial score (nSPS) is 11.9. The lowest BCUT2D eigenvalue weighted by molar-refractivity contribution is -0.137. The number of halogens is 3. The van der Waals surface area contributed by atoms with Crippen molar-refractivity contribution in [3.63, 3.8) is 0 Å². The number of benzene rings is 2. The minimum Gasteiger partial charge on any atom is -0.324 e. The van der Waals surface area contributed by atoms with Gasteiger partial charge in [-0.2, -0.15) is 18.3 Å². The van der Waals surface area contributed by atoms with Crippen LogP contribution in [0, 0.1) is 0 Å². The Balaban J connectivity index is 1.93. The van der Waals surface area contributed by atoms with E-state index in [-0.39, 0.29) is 5.69 Å². The molecule has 3 rings (SSSR count). The van der Waals surface area contributed by atoms with Crippen molar-refractivity contribution in [1.82, 2.24) is 9.78 Å². The molecule has 0 fully saturated rings. The number of carbonyl (C=O) groups is 1. The molecule has 0 bridgehead atoms. The van der Waals surface area contributed by atoms with E-state index in [4.69, 9.17) is 0 Å². The van der Waals surface area contributed by atoms with Crippen LogP contribution in [0.5, 0.6) is 0 Å². The predicted molar refractivity (Wildman–Crippen MR) is 103 cm³/mol. The number of anilines is 1. The van der Waals surface area contributed by atoms with Crippen molar-refractivity contribution < 1.29 is 18.0 Å². The van der Waals surface area contributed by atoms with Crippen LogP contribution in [-0.4, -0.2) is 15.7 Å². The van der Waals surface area contributed by atoms with Gasteiger partial charge in [-0.25, -0.2) is 4.68 Å². The zero-order chi connectivity index (χ0) is 21.2. The molecule has 0 radical (unpaired) electrons. The second kappa shape index (κ2) is 7.54. The molecule has 0 spiro atoms. The fourth-order valence-electron chi connectivity index (χ4n) is 2.73. The molecular formula is C21H18F3N3O2. The zero-order valence-corrected chi connectivity index (χ0v) is 15.7. The lowest BCUT2D eigenvalue weighted by Gasteiger charge is -2.25. The molecule has 0 unspecified atom stereocenters. The van der Waals surface area contributed by atoms with Crippen LogP contribution >= 0.6 is 0 Å². The molecule has 0 aliphatic heterocycles. The summed E-state index contributed by atoms with van der Waals surface area (Å²) in [5.74, 6) is -0.670. The fourth-order valence-corrected chi connectivity index (χ4v) is 2.73. The third-order valence-electron chi connectivity index (χ3n) is 4.40. The van der Waals surface area contributed by atoms with Gasteiger partial charge < -0.3 is 5.32 Å². The van der Waals surface area contributed by atoms with Gasteiger partial charge in [0.2, 0.25) is 0 Å². The molecule has 0 saturated heterocycles. The Morgan fingerprint density at radius 1 is 0.966 bits per heavy atom. The van der Waals surface area contributed by atoms with E-state index in [1.807, 2.05) is 30.3 Å². The maximum atomic E-state index is 12.9. The number of amides is 1. The molecule has 1 heterocycles. The molecule has 150 valence electrons. The van der Waals surface area contributed by atoms with Gasteiger partial charge >= 0.3 is 6.18 Å². The Morgan fingerprint density at radius 2 is 1.66 bits per heavy atom. The van der Waals surface area contributed by atoms with Crippen LogP contribution in [0.4, 0.5) is 18.9 Å². The SMILES string of the molecule is CC(C)(C(=O)Nc1cccc(C(F)(F)F)c1)n1nc(-c2ccccc2)ccc1=O. The highest BCUT2D eigenvalue weighted by molar-refractivity contribution is 5.96. The Hall–Kier alpha value is -3.42. The summed E-state index contributed by atoms with van der Waals surface area (Å²) in [6.45, 7) is 2.94. The standard InChI is InChI=1S/C21H18F3N3O2/c1-20(2,19(29)25-16-10-6-9-15(13-16)21(22,23)24)27-18(28)12-11-17(26-27)14-7-4-3-5-8-14/h3-13H,1-2H3,(H,25,29). The Bertz CT molecular complexity index is 1090. The number of hydrogen-bond acceptors (Lipinski definition) is 3. The molecule has 2 aromatic carbocycles. The van der Waals surface area contributed by atoms with Crippen molar-refractivity contribution in [1.29, 1.82) is 0 Å². The first-order valence-electron chi connectivity index (χ1n) is 8.74. The summed E-state index contributed by atoms with van der Waals surface area (Å²) in [7, 11) is 0. The smallest absolute Gasteiger partial charge is 0.324 e. The van der Waals surface area contributed by atoms with E-state index < -0.39 is 28.7 Å². The molecule has 0 atom stereocenters. The molecule has 1 N–H and O–H groups in total. The largest absolute Gasteiger partial charge is 0.416 e. The van der Waals surface area contributed by atoms with Gasteiger partial charge in [0.25, 0.3) is 11.5 Å². The number of nitrogens with zero attached hydrogens (tertiary/aromatic N) is 2. The third-order valence-corrected chi connectivity index (χ3v) is 4.40. The van der Waals surface area contributed by atoms with Crippen LogP contribution < -0.4 is 10.9 Å². The van der Waals surface area contributed by atoms with Gasteiger partial charge in [-0.3, -0.25) is 9.59 Å². The second-order valence-electron chi connectivity index (χ2n) is 6.93. The molecule has 1 amide bonds. The summed E-state index contributed by atoms with van der Waals surface area (Å²) in [5.41, 5.74) is -1.61. The summed E-state index contributed by atoms with van der Waals surface area (Å²) in [4.78, 5) is 25.2. The maximum Gasteiger partial charge on any atom is 0.416 e.